The fraction of sp³-hybridized carbons (Fsp3) is 0.500. The molecule has 0 aliphatic carbocycles. The molecule has 0 aliphatic rings. The van der Waals surface area contributed by atoms with Crippen molar-refractivity contribution in [3.63, 3.8) is 0 Å². The van der Waals surface area contributed by atoms with Crippen molar-refractivity contribution in [2.75, 3.05) is 23.9 Å². The molecule has 1 heterocycles. The van der Waals surface area contributed by atoms with Gasteiger partial charge in [-0.2, -0.15) is 11.8 Å². The lowest BCUT2D eigenvalue weighted by Gasteiger charge is -2.04. The highest BCUT2D eigenvalue weighted by Crippen LogP contribution is 2.13. The van der Waals surface area contributed by atoms with Crippen LogP contribution in [0.2, 0.25) is 5.15 Å². The van der Waals surface area contributed by atoms with Crippen molar-refractivity contribution in [3.05, 3.63) is 17.5 Å². The molecule has 0 spiro atoms. The molecule has 0 bridgehead atoms. The van der Waals surface area contributed by atoms with E-state index in [1.165, 1.54) is 0 Å². The summed E-state index contributed by atoms with van der Waals surface area (Å²) in [5.41, 5.74) is 0. The van der Waals surface area contributed by atoms with Crippen LogP contribution in [0.1, 0.15) is 6.42 Å². The Bertz CT molecular complexity index is 257. The summed E-state index contributed by atoms with van der Waals surface area (Å²) in [6.45, 7) is 0.888. The average molecular weight is 218 g/mol. The molecular weight excluding hydrogens is 206 g/mol. The van der Waals surface area contributed by atoms with Gasteiger partial charge >= 0.3 is 0 Å². The predicted octanol–water partition coefficient (Wildman–Crippen LogP) is 2.29. The second kappa shape index (κ2) is 6.05. The molecule has 1 aromatic rings. The van der Waals surface area contributed by atoms with Crippen LogP contribution in [0.15, 0.2) is 12.4 Å². The standard InChI is InChI=1S/C8H12ClN3S/c1-13-6-2-3-11-8-7(9)10-4-5-12-8/h4-5H,2-3,6H2,1H3,(H,11,12). The maximum atomic E-state index is 5.80. The molecule has 3 nitrogen and oxygen atoms in total. The van der Waals surface area contributed by atoms with E-state index in [2.05, 4.69) is 21.5 Å². The second-order valence-corrected chi connectivity index (χ2v) is 3.81. The fourth-order valence-corrected chi connectivity index (χ4v) is 1.47. The van der Waals surface area contributed by atoms with Gasteiger partial charge in [0.1, 0.15) is 0 Å². The first-order chi connectivity index (χ1) is 6.34. The zero-order valence-corrected chi connectivity index (χ0v) is 9.03. The minimum atomic E-state index is 0.437. The average Bonchev–Trinajstić information content (AvgIpc) is 2.15. The molecule has 0 aromatic carbocycles. The maximum absolute atomic E-state index is 5.80. The second-order valence-electron chi connectivity index (χ2n) is 2.47. The molecule has 0 atom stereocenters. The van der Waals surface area contributed by atoms with Crippen molar-refractivity contribution >= 4 is 29.2 Å². The highest BCUT2D eigenvalue weighted by molar-refractivity contribution is 7.98. The van der Waals surface area contributed by atoms with Crippen molar-refractivity contribution in [2.45, 2.75) is 6.42 Å². The van der Waals surface area contributed by atoms with E-state index in [0.717, 1.165) is 18.7 Å². The van der Waals surface area contributed by atoms with E-state index in [-0.39, 0.29) is 0 Å². The largest absolute Gasteiger partial charge is 0.367 e. The molecule has 0 saturated heterocycles. The van der Waals surface area contributed by atoms with Crippen molar-refractivity contribution in [1.29, 1.82) is 0 Å². The Hall–Kier alpha value is -0.480. The van der Waals surface area contributed by atoms with Crippen LogP contribution >= 0.6 is 23.4 Å². The number of hydrogen-bond acceptors (Lipinski definition) is 4. The van der Waals surface area contributed by atoms with Gasteiger partial charge in [-0.3, -0.25) is 0 Å². The van der Waals surface area contributed by atoms with Gasteiger partial charge in [0.05, 0.1) is 0 Å². The molecule has 1 aromatic heterocycles. The summed E-state index contributed by atoms with van der Waals surface area (Å²) in [7, 11) is 0. The van der Waals surface area contributed by atoms with Crippen molar-refractivity contribution in [1.82, 2.24) is 9.97 Å². The van der Waals surface area contributed by atoms with Crippen LogP contribution in [0.25, 0.3) is 0 Å². The normalized spacial score (nSPS) is 10.0. The predicted molar refractivity (Wildman–Crippen MR) is 58.5 cm³/mol. The van der Waals surface area contributed by atoms with E-state index in [9.17, 15) is 0 Å². The molecule has 72 valence electrons. The monoisotopic (exact) mass is 217 g/mol. The smallest absolute Gasteiger partial charge is 0.171 e. The van der Waals surface area contributed by atoms with Crippen molar-refractivity contribution in [2.24, 2.45) is 0 Å². The minimum Gasteiger partial charge on any atom is -0.367 e. The van der Waals surface area contributed by atoms with Gasteiger partial charge in [-0.1, -0.05) is 11.6 Å². The zero-order chi connectivity index (χ0) is 9.52. The lowest BCUT2D eigenvalue weighted by molar-refractivity contribution is 0.977. The van der Waals surface area contributed by atoms with Crippen LogP contribution in [0, 0.1) is 0 Å². The van der Waals surface area contributed by atoms with E-state index in [4.69, 9.17) is 11.6 Å². The molecule has 0 saturated carbocycles. The molecule has 0 aliphatic heterocycles. The molecule has 1 rings (SSSR count). The van der Waals surface area contributed by atoms with Gasteiger partial charge in [0.25, 0.3) is 0 Å². The van der Waals surface area contributed by atoms with Crippen molar-refractivity contribution < 1.29 is 0 Å². The first kappa shape index (κ1) is 10.6. The van der Waals surface area contributed by atoms with E-state index < -0.39 is 0 Å². The Morgan fingerprint density at radius 2 is 2.23 bits per heavy atom. The Kier molecular flexibility index (Phi) is 4.93. The maximum Gasteiger partial charge on any atom is 0.171 e. The molecule has 0 fully saturated rings. The van der Waals surface area contributed by atoms with E-state index in [1.54, 1.807) is 12.4 Å². The quantitative estimate of drug-likeness (QED) is 0.769. The zero-order valence-electron chi connectivity index (χ0n) is 7.46. The highest BCUT2D eigenvalue weighted by atomic mass is 35.5. The van der Waals surface area contributed by atoms with Gasteiger partial charge in [-0.15, -0.1) is 0 Å². The summed E-state index contributed by atoms with van der Waals surface area (Å²) in [5, 5.41) is 3.57. The van der Waals surface area contributed by atoms with Crippen LogP contribution in [0.4, 0.5) is 5.82 Å². The Labute approximate surface area is 87.3 Å². The molecule has 0 amide bonds. The van der Waals surface area contributed by atoms with E-state index in [1.807, 2.05) is 11.8 Å². The van der Waals surface area contributed by atoms with E-state index >= 15 is 0 Å². The number of nitrogens with one attached hydrogen (secondary N) is 1. The first-order valence-corrected chi connectivity index (χ1v) is 5.81. The Morgan fingerprint density at radius 1 is 1.46 bits per heavy atom. The number of anilines is 1. The molecule has 13 heavy (non-hydrogen) atoms. The number of rotatable bonds is 5. The summed E-state index contributed by atoms with van der Waals surface area (Å²) in [5.74, 6) is 1.82. The third kappa shape index (κ3) is 3.83. The van der Waals surface area contributed by atoms with Crippen molar-refractivity contribution in [3.8, 4) is 0 Å². The highest BCUT2D eigenvalue weighted by Gasteiger charge is 1.99. The molecule has 0 unspecified atom stereocenters. The summed E-state index contributed by atoms with van der Waals surface area (Å²) >= 11 is 7.63. The number of aromatic nitrogens is 2. The molecular formula is C8H12ClN3S. The van der Waals surface area contributed by atoms with Crippen LogP contribution < -0.4 is 5.32 Å². The van der Waals surface area contributed by atoms with Gasteiger partial charge in [0, 0.05) is 18.9 Å². The van der Waals surface area contributed by atoms with Gasteiger partial charge in [-0.25, -0.2) is 9.97 Å². The third-order valence-electron chi connectivity index (χ3n) is 1.47. The van der Waals surface area contributed by atoms with Crippen LogP contribution in [-0.4, -0.2) is 28.5 Å². The summed E-state index contributed by atoms with van der Waals surface area (Å²) in [6, 6.07) is 0. The number of hydrogen-bond donors (Lipinski definition) is 1. The van der Waals surface area contributed by atoms with Crippen LogP contribution in [0.3, 0.4) is 0 Å². The lowest BCUT2D eigenvalue weighted by Crippen LogP contribution is -2.05. The van der Waals surface area contributed by atoms with E-state index in [0.29, 0.717) is 11.0 Å². The number of thioether (sulfide) groups is 1. The Morgan fingerprint density at radius 3 is 2.92 bits per heavy atom. The SMILES string of the molecule is CSCCCNc1nccnc1Cl. The van der Waals surface area contributed by atoms with Crippen LogP contribution in [0.5, 0.6) is 0 Å². The first-order valence-electron chi connectivity index (χ1n) is 4.04. The van der Waals surface area contributed by atoms with Gasteiger partial charge < -0.3 is 5.32 Å². The van der Waals surface area contributed by atoms with Gasteiger partial charge in [0.2, 0.25) is 0 Å². The topological polar surface area (TPSA) is 37.8 Å². The number of nitrogens with zero attached hydrogens (tertiary/aromatic N) is 2. The minimum absolute atomic E-state index is 0.437. The molecule has 0 radical (unpaired) electrons. The number of halogens is 1. The summed E-state index contributed by atoms with van der Waals surface area (Å²) < 4.78 is 0. The third-order valence-corrected chi connectivity index (χ3v) is 2.44. The molecule has 5 heteroatoms. The Balaban J connectivity index is 2.32. The van der Waals surface area contributed by atoms with Gasteiger partial charge in [-0.05, 0) is 18.4 Å². The molecule has 1 N–H and O–H groups in total. The lowest BCUT2D eigenvalue weighted by atomic mass is 10.5. The van der Waals surface area contributed by atoms with Gasteiger partial charge in [0.15, 0.2) is 11.0 Å². The fourth-order valence-electron chi connectivity index (χ4n) is 0.863. The summed E-state index contributed by atoms with van der Waals surface area (Å²) in [6.07, 6.45) is 6.40. The van der Waals surface area contributed by atoms with Crippen LogP contribution in [-0.2, 0) is 0 Å². The summed E-state index contributed by atoms with van der Waals surface area (Å²) in [4.78, 5) is 7.98.